The predicted octanol–water partition coefficient (Wildman–Crippen LogP) is 4.18. The highest BCUT2D eigenvalue weighted by molar-refractivity contribution is 5.98. The third-order valence-corrected chi connectivity index (χ3v) is 3.50. The number of rotatable bonds is 4. The molecule has 2 heteroatoms. The Morgan fingerprint density at radius 1 is 0.950 bits per heavy atom. The first-order valence-electron chi connectivity index (χ1n) is 6.78. The van der Waals surface area contributed by atoms with Crippen LogP contribution in [-0.2, 0) is 0 Å². The maximum absolute atomic E-state index is 12.3. The lowest BCUT2D eigenvalue weighted by Crippen LogP contribution is -2.13. The van der Waals surface area contributed by atoms with Crippen molar-refractivity contribution in [3.63, 3.8) is 0 Å². The lowest BCUT2D eigenvalue weighted by molar-refractivity contribution is 0.0921. The summed E-state index contributed by atoms with van der Waals surface area (Å²) in [5.74, 6) is 0.756. The molecule has 0 aliphatic heterocycles. The number of carbonyl (C=O) groups excluding carboxylic acids is 1. The van der Waals surface area contributed by atoms with Crippen LogP contribution < -0.4 is 4.74 Å². The number of Topliss-reactive ketones (excluding diaryl/α,β-unsaturated/α-hetero) is 1. The summed E-state index contributed by atoms with van der Waals surface area (Å²) in [6.45, 7) is 8.12. The van der Waals surface area contributed by atoms with Crippen molar-refractivity contribution in [2.24, 2.45) is 0 Å². The summed E-state index contributed by atoms with van der Waals surface area (Å²) >= 11 is 0. The van der Waals surface area contributed by atoms with Crippen molar-refractivity contribution in [2.45, 2.75) is 27.7 Å². The minimum absolute atomic E-state index is 0.0205. The average molecular weight is 268 g/mol. The van der Waals surface area contributed by atoms with Gasteiger partial charge < -0.3 is 4.74 Å². The molecule has 0 N–H and O–H groups in total. The van der Waals surface area contributed by atoms with Crippen molar-refractivity contribution in [3.8, 4) is 5.75 Å². The highest BCUT2D eigenvalue weighted by Crippen LogP contribution is 2.17. The molecule has 0 atom stereocenters. The van der Waals surface area contributed by atoms with E-state index in [0.717, 1.165) is 28.0 Å². The number of hydrogen-bond acceptors (Lipinski definition) is 2. The van der Waals surface area contributed by atoms with E-state index in [4.69, 9.17) is 4.74 Å². The molecule has 2 nitrogen and oxygen atoms in total. The van der Waals surface area contributed by atoms with Gasteiger partial charge in [-0.05, 0) is 68.1 Å². The standard InChI is InChI=1S/C18H20O2/c1-12-6-5-7-16(8-12)20-11-18(19)17-10-14(3)13(2)9-15(17)4/h5-10H,11H2,1-4H3. The Kier molecular flexibility index (Phi) is 4.23. The number of carbonyl (C=O) groups is 1. The van der Waals surface area contributed by atoms with Gasteiger partial charge in [-0.1, -0.05) is 18.2 Å². The highest BCUT2D eigenvalue weighted by Gasteiger charge is 2.11. The minimum Gasteiger partial charge on any atom is -0.485 e. The van der Waals surface area contributed by atoms with Crippen molar-refractivity contribution in [1.82, 2.24) is 0 Å². The Labute approximate surface area is 120 Å². The zero-order valence-corrected chi connectivity index (χ0v) is 12.5. The van der Waals surface area contributed by atoms with Crippen LogP contribution in [0.15, 0.2) is 36.4 Å². The van der Waals surface area contributed by atoms with Crippen LogP contribution in [0.25, 0.3) is 0 Å². The van der Waals surface area contributed by atoms with E-state index in [1.807, 2.05) is 51.1 Å². The lowest BCUT2D eigenvalue weighted by atomic mass is 9.98. The van der Waals surface area contributed by atoms with E-state index in [0.29, 0.717) is 0 Å². The van der Waals surface area contributed by atoms with Gasteiger partial charge in [-0.2, -0.15) is 0 Å². The molecule has 20 heavy (non-hydrogen) atoms. The van der Waals surface area contributed by atoms with Crippen LogP contribution in [0.5, 0.6) is 5.75 Å². The Balaban J connectivity index is 2.11. The Morgan fingerprint density at radius 3 is 2.35 bits per heavy atom. The maximum Gasteiger partial charge on any atom is 0.200 e. The van der Waals surface area contributed by atoms with Gasteiger partial charge in [0.1, 0.15) is 5.75 Å². The van der Waals surface area contributed by atoms with Gasteiger partial charge in [0.2, 0.25) is 0 Å². The fourth-order valence-electron chi connectivity index (χ4n) is 2.19. The third-order valence-electron chi connectivity index (χ3n) is 3.50. The molecule has 0 spiro atoms. The van der Waals surface area contributed by atoms with Gasteiger partial charge in [-0.25, -0.2) is 0 Å². The first kappa shape index (κ1) is 14.3. The molecule has 0 bridgehead atoms. The summed E-state index contributed by atoms with van der Waals surface area (Å²) in [4.78, 5) is 12.3. The van der Waals surface area contributed by atoms with Crippen LogP contribution in [0.3, 0.4) is 0 Å². The molecule has 0 aliphatic rings. The Bertz CT molecular complexity index is 642. The van der Waals surface area contributed by atoms with Crippen LogP contribution in [0, 0.1) is 27.7 Å². The summed E-state index contributed by atoms with van der Waals surface area (Å²) in [5, 5.41) is 0. The second kappa shape index (κ2) is 5.91. The second-order valence-corrected chi connectivity index (χ2v) is 5.28. The van der Waals surface area contributed by atoms with Crippen molar-refractivity contribution >= 4 is 5.78 Å². The number of benzene rings is 2. The van der Waals surface area contributed by atoms with Crippen molar-refractivity contribution in [2.75, 3.05) is 6.61 Å². The maximum atomic E-state index is 12.3. The summed E-state index contributed by atoms with van der Waals surface area (Å²) < 4.78 is 5.58. The van der Waals surface area contributed by atoms with Gasteiger partial charge >= 0.3 is 0 Å². The summed E-state index contributed by atoms with van der Waals surface area (Å²) in [6, 6.07) is 11.7. The molecule has 0 aromatic heterocycles. The first-order valence-corrected chi connectivity index (χ1v) is 6.78. The van der Waals surface area contributed by atoms with Crippen molar-refractivity contribution < 1.29 is 9.53 Å². The minimum atomic E-state index is 0.0205. The third kappa shape index (κ3) is 3.27. The molecular weight excluding hydrogens is 248 g/mol. The summed E-state index contributed by atoms with van der Waals surface area (Å²) in [7, 11) is 0. The number of aryl methyl sites for hydroxylation is 4. The molecule has 0 aliphatic carbocycles. The quantitative estimate of drug-likeness (QED) is 0.777. The zero-order valence-electron chi connectivity index (χ0n) is 12.5. The second-order valence-electron chi connectivity index (χ2n) is 5.28. The highest BCUT2D eigenvalue weighted by atomic mass is 16.5. The Hall–Kier alpha value is -2.09. The van der Waals surface area contributed by atoms with Gasteiger partial charge in [0.25, 0.3) is 0 Å². The predicted molar refractivity (Wildman–Crippen MR) is 81.7 cm³/mol. The molecule has 0 saturated carbocycles. The van der Waals surface area contributed by atoms with Gasteiger partial charge in [-0.3, -0.25) is 4.79 Å². The monoisotopic (exact) mass is 268 g/mol. The smallest absolute Gasteiger partial charge is 0.200 e. The molecule has 0 heterocycles. The molecule has 2 aromatic carbocycles. The van der Waals surface area contributed by atoms with E-state index >= 15 is 0 Å². The van der Waals surface area contributed by atoms with Crippen LogP contribution in [0.2, 0.25) is 0 Å². The van der Waals surface area contributed by atoms with Crippen LogP contribution >= 0.6 is 0 Å². The fourth-order valence-corrected chi connectivity index (χ4v) is 2.19. The van der Waals surface area contributed by atoms with Gasteiger partial charge in [0, 0.05) is 5.56 Å². The van der Waals surface area contributed by atoms with Crippen LogP contribution in [-0.4, -0.2) is 12.4 Å². The van der Waals surface area contributed by atoms with E-state index in [2.05, 4.69) is 13.0 Å². The van der Waals surface area contributed by atoms with Crippen LogP contribution in [0.4, 0.5) is 0 Å². The normalized spacial score (nSPS) is 10.4. The zero-order chi connectivity index (χ0) is 14.7. The van der Waals surface area contributed by atoms with E-state index in [1.54, 1.807) is 0 Å². The molecule has 104 valence electrons. The summed E-state index contributed by atoms with van der Waals surface area (Å²) in [5.41, 5.74) is 5.22. The fraction of sp³-hybridized carbons (Fsp3) is 0.278. The van der Waals surface area contributed by atoms with Crippen molar-refractivity contribution in [1.29, 1.82) is 0 Å². The topological polar surface area (TPSA) is 26.3 Å². The van der Waals surface area contributed by atoms with E-state index in [-0.39, 0.29) is 12.4 Å². The van der Waals surface area contributed by atoms with E-state index in [1.165, 1.54) is 5.56 Å². The van der Waals surface area contributed by atoms with Gasteiger partial charge in [0.15, 0.2) is 12.4 Å². The largest absolute Gasteiger partial charge is 0.485 e. The number of ether oxygens (including phenoxy) is 1. The van der Waals surface area contributed by atoms with Crippen LogP contribution in [0.1, 0.15) is 32.6 Å². The molecular formula is C18H20O2. The van der Waals surface area contributed by atoms with Gasteiger partial charge in [0.05, 0.1) is 0 Å². The first-order chi connectivity index (χ1) is 9.47. The SMILES string of the molecule is Cc1cccc(OCC(=O)c2cc(C)c(C)cc2C)c1. The molecule has 0 unspecified atom stereocenters. The number of ketones is 1. The molecule has 2 aromatic rings. The molecule has 0 fully saturated rings. The molecule has 0 amide bonds. The molecule has 0 radical (unpaired) electrons. The lowest BCUT2D eigenvalue weighted by Gasteiger charge is -2.10. The molecule has 0 saturated heterocycles. The van der Waals surface area contributed by atoms with E-state index in [9.17, 15) is 4.79 Å². The summed E-state index contributed by atoms with van der Waals surface area (Å²) in [6.07, 6.45) is 0. The van der Waals surface area contributed by atoms with Gasteiger partial charge in [-0.15, -0.1) is 0 Å². The van der Waals surface area contributed by atoms with Crippen molar-refractivity contribution in [3.05, 3.63) is 64.2 Å². The average Bonchev–Trinajstić information content (AvgIpc) is 2.40. The Morgan fingerprint density at radius 2 is 1.65 bits per heavy atom. The number of hydrogen-bond donors (Lipinski definition) is 0. The van der Waals surface area contributed by atoms with E-state index < -0.39 is 0 Å². The molecule has 2 rings (SSSR count).